The molecule has 4 nitrogen and oxygen atoms in total. The predicted octanol–water partition coefficient (Wildman–Crippen LogP) is 1.14. The first kappa shape index (κ1) is 13.4. The lowest BCUT2D eigenvalue weighted by Crippen LogP contribution is -2.46. The average molecular weight is 266 g/mol. The van der Waals surface area contributed by atoms with Crippen LogP contribution in [0.3, 0.4) is 0 Å². The van der Waals surface area contributed by atoms with E-state index >= 15 is 0 Å². The second-order valence-electron chi connectivity index (χ2n) is 6.56. The van der Waals surface area contributed by atoms with Crippen molar-refractivity contribution < 1.29 is 9.90 Å². The minimum Gasteiger partial charge on any atom is -0.396 e. The number of rotatable bonds is 5. The van der Waals surface area contributed by atoms with E-state index in [1.54, 1.807) is 0 Å². The molecule has 3 fully saturated rings. The normalized spacial score (nSPS) is 29.0. The SMILES string of the molecule is O=C(C1CC12CCNCC2)N(CCCO)C1CCC1. The van der Waals surface area contributed by atoms with Gasteiger partial charge in [0.2, 0.25) is 5.91 Å². The molecular formula is C15H26N2O2. The van der Waals surface area contributed by atoms with E-state index < -0.39 is 0 Å². The maximum absolute atomic E-state index is 12.7. The van der Waals surface area contributed by atoms with E-state index in [1.165, 1.54) is 32.1 Å². The third kappa shape index (κ3) is 2.52. The van der Waals surface area contributed by atoms with Crippen LogP contribution in [0.5, 0.6) is 0 Å². The van der Waals surface area contributed by atoms with E-state index in [4.69, 9.17) is 5.11 Å². The van der Waals surface area contributed by atoms with Gasteiger partial charge in [0.05, 0.1) is 0 Å². The first-order chi connectivity index (χ1) is 9.27. The molecule has 2 saturated carbocycles. The molecule has 1 unspecified atom stereocenters. The Morgan fingerprint density at radius 1 is 1.32 bits per heavy atom. The van der Waals surface area contributed by atoms with Gasteiger partial charge in [0.1, 0.15) is 0 Å². The van der Waals surface area contributed by atoms with Gasteiger partial charge < -0.3 is 15.3 Å². The molecule has 0 bridgehead atoms. The van der Waals surface area contributed by atoms with Gasteiger partial charge in [-0.1, -0.05) is 0 Å². The van der Waals surface area contributed by atoms with Gasteiger partial charge in [-0.2, -0.15) is 0 Å². The number of hydrogen-bond acceptors (Lipinski definition) is 3. The van der Waals surface area contributed by atoms with Crippen LogP contribution >= 0.6 is 0 Å². The second kappa shape index (κ2) is 5.41. The summed E-state index contributed by atoms with van der Waals surface area (Å²) in [4.78, 5) is 14.8. The number of nitrogens with zero attached hydrogens (tertiary/aromatic N) is 1. The van der Waals surface area contributed by atoms with E-state index in [-0.39, 0.29) is 12.5 Å². The average Bonchev–Trinajstić information content (AvgIpc) is 3.05. The zero-order valence-electron chi connectivity index (χ0n) is 11.7. The molecule has 0 radical (unpaired) electrons. The number of aliphatic hydroxyl groups is 1. The zero-order valence-corrected chi connectivity index (χ0v) is 11.7. The summed E-state index contributed by atoms with van der Waals surface area (Å²) in [5.41, 5.74) is 0.337. The van der Waals surface area contributed by atoms with Crippen LogP contribution in [0.15, 0.2) is 0 Å². The van der Waals surface area contributed by atoms with Crippen LogP contribution in [0.1, 0.15) is 44.9 Å². The molecule has 1 amide bonds. The summed E-state index contributed by atoms with van der Waals surface area (Å²) in [5.74, 6) is 0.675. The molecule has 1 spiro atoms. The van der Waals surface area contributed by atoms with Crippen molar-refractivity contribution in [3.8, 4) is 0 Å². The fourth-order valence-electron chi connectivity index (χ4n) is 3.79. The van der Waals surface area contributed by atoms with E-state index in [0.717, 1.165) is 32.5 Å². The van der Waals surface area contributed by atoms with Gasteiger partial charge in [-0.3, -0.25) is 4.79 Å². The monoisotopic (exact) mass is 266 g/mol. The van der Waals surface area contributed by atoms with Gasteiger partial charge >= 0.3 is 0 Å². The first-order valence-corrected chi connectivity index (χ1v) is 7.89. The highest BCUT2D eigenvalue weighted by Crippen LogP contribution is 2.59. The maximum Gasteiger partial charge on any atom is 0.226 e. The molecule has 1 atom stereocenters. The number of amides is 1. The molecule has 19 heavy (non-hydrogen) atoms. The van der Waals surface area contributed by atoms with Crippen molar-refractivity contribution in [3.05, 3.63) is 0 Å². The van der Waals surface area contributed by atoms with Crippen molar-refractivity contribution in [1.82, 2.24) is 10.2 Å². The van der Waals surface area contributed by atoms with Crippen molar-refractivity contribution in [2.24, 2.45) is 11.3 Å². The quantitative estimate of drug-likeness (QED) is 0.784. The highest BCUT2D eigenvalue weighted by atomic mass is 16.3. The molecule has 0 aromatic heterocycles. The highest BCUT2D eigenvalue weighted by molar-refractivity contribution is 5.83. The Bertz CT molecular complexity index is 335. The Labute approximate surface area is 115 Å². The van der Waals surface area contributed by atoms with Crippen molar-refractivity contribution in [2.75, 3.05) is 26.2 Å². The van der Waals surface area contributed by atoms with Crippen LogP contribution in [-0.2, 0) is 4.79 Å². The van der Waals surface area contributed by atoms with Gasteiger partial charge in [-0.05, 0) is 63.5 Å². The Morgan fingerprint density at radius 2 is 2.05 bits per heavy atom. The summed E-state index contributed by atoms with van der Waals surface area (Å²) in [7, 11) is 0. The van der Waals surface area contributed by atoms with Gasteiger partial charge in [0, 0.05) is 25.1 Å². The summed E-state index contributed by atoms with van der Waals surface area (Å²) in [6, 6.07) is 0.471. The summed E-state index contributed by atoms with van der Waals surface area (Å²) in [6.07, 6.45) is 7.76. The van der Waals surface area contributed by atoms with Crippen molar-refractivity contribution in [1.29, 1.82) is 0 Å². The number of hydrogen-bond donors (Lipinski definition) is 2. The van der Waals surface area contributed by atoms with Crippen LogP contribution in [0, 0.1) is 11.3 Å². The topological polar surface area (TPSA) is 52.6 Å². The molecule has 108 valence electrons. The van der Waals surface area contributed by atoms with Gasteiger partial charge in [-0.15, -0.1) is 0 Å². The lowest BCUT2D eigenvalue weighted by molar-refractivity contribution is -0.138. The van der Waals surface area contributed by atoms with E-state index in [1.807, 2.05) is 0 Å². The zero-order chi connectivity index (χ0) is 13.3. The lowest BCUT2D eigenvalue weighted by Gasteiger charge is -2.38. The Hall–Kier alpha value is -0.610. The molecule has 4 heteroatoms. The molecule has 1 saturated heterocycles. The number of carbonyl (C=O) groups is 1. The minimum absolute atomic E-state index is 0.191. The molecule has 1 heterocycles. The standard InChI is InChI=1S/C15H26N2O2/c18-10-2-9-17(12-3-1-4-12)14(19)13-11-15(13)5-7-16-8-6-15/h12-13,16,18H,1-11H2. The van der Waals surface area contributed by atoms with Crippen LogP contribution in [0.25, 0.3) is 0 Å². The van der Waals surface area contributed by atoms with E-state index in [2.05, 4.69) is 10.2 Å². The molecular weight excluding hydrogens is 240 g/mol. The highest BCUT2D eigenvalue weighted by Gasteiger charge is 2.59. The fourth-order valence-corrected chi connectivity index (χ4v) is 3.79. The van der Waals surface area contributed by atoms with Crippen LogP contribution in [0.2, 0.25) is 0 Å². The summed E-state index contributed by atoms with van der Waals surface area (Å²) in [5, 5.41) is 12.4. The predicted molar refractivity (Wildman–Crippen MR) is 73.7 cm³/mol. The number of carbonyl (C=O) groups excluding carboxylic acids is 1. The number of piperidine rings is 1. The van der Waals surface area contributed by atoms with Crippen molar-refractivity contribution >= 4 is 5.91 Å². The van der Waals surface area contributed by atoms with E-state index in [9.17, 15) is 4.79 Å². The third-order valence-electron chi connectivity index (χ3n) is 5.44. The summed E-state index contributed by atoms with van der Waals surface area (Å²) >= 11 is 0. The Morgan fingerprint density at radius 3 is 2.63 bits per heavy atom. The van der Waals surface area contributed by atoms with Crippen LogP contribution < -0.4 is 5.32 Å². The molecule has 2 aliphatic carbocycles. The Balaban J connectivity index is 1.60. The second-order valence-corrected chi connectivity index (χ2v) is 6.56. The summed E-state index contributed by atoms with van der Waals surface area (Å²) in [6.45, 7) is 3.09. The molecule has 3 aliphatic rings. The molecule has 2 N–H and O–H groups in total. The largest absolute Gasteiger partial charge is 0.396 e. The molecule has 1 aliphatic heterocycles. The molecule has 0 aromatic carbocycles. The number of aliphatic hydroxyl groups excluding tert-OH is 1. The smallest absolute Gasteiger partial charge is 0.226 e. The molecule has 0 aromatic rings. The van der Waals surface area contributed by atoms with Gasteiger partial charge in [-0.25, -0.2) is 0 Å². The summed E-state index contributed by atoms with van der Waals surface area (Å²) < 4.78 is 0. The maximum atomic E-state index is 12.7. The van der Waals surface area contributed by atoms with Gasteiger partial charge in [0.15, 0.2) is 0 Å². The van der Waals surface area contributed by atoms with E-state index in [0.29, 0.717) is 17.4 Å². The van der Waals surface area contributed by atoms with Crippen LogP contribution in [0.4, 0.5) is 0 Å². The number of nitrogens with one attached hydrogen (secondary N) is 1. The molecule has 3 rings (SSSR count). The van der Waals surface area contributed by atoms with Crippen molar-refractivity contribution in [3.63, 3.8) is 0 Å². The minimum atomic E-state index is 0.191. The lowest BCUT2D eigenvalue weighted by atomic mass is 9.89. The Kier molecular flexibility index (Phi) is 3.81. The fraction of sp³-hybridized carbons (Fsp3) is 0.933. The third-order valence-corrected chi connectivity index (χ3v) is 5.44. The van der Waals surface area contributed by atoms with Crippen molar-refractivity contribution in [2.45, 2.75) is 51.0 Å². The first-order valence-electron chi connectivity index (χ1n) is 7.89. The van der Waals surface area contributed by atoms with Crippen LogP contribution in [-0.4, -0.2) is 48.2 Å². The van der Waals surface area contributed by atoms with Gasteiger partial charge in [0.25, 0.3) is 0 Å².